The number of ketones is 1. The number of fused-ring (bicyclic) bond motifs is 5. The predicted molar refractivity (Wildman–Crippen MR) is 89.3 cm³/mol. The second kappa shape index (κ2) is 5.10. The van der Waals surface area contributed by atoms with E-state index in [2.05, 4.69) is 0 Å². The summed E-state index contributed by atoms with van der Waals surface area (Å²) in [5.74, 6) is 0.962. The number of carbonyl (C=O) groups is 1. The van der Waals surface area contributed by atoms with E-state index >= 15 is 0 Å². The Morgan fingerprint density at radius 1 is 1.12 bits per heavy atom. The summed E-state index contributed by atoms with van der Waals surface area (Å²) >= 11 is 0. The molecule has 0 bridgehead atoms. The summed E-state index contributed by atoms with van der Waals surface area (Å²) in [6, 6.07) is 1.76. The molecule has 2 aliphatic rings. The van der Waals surface area contributed by atoms with E-state index in [1.165, 1.54) is 0 Å². The molecular weight excluding hydrogens is 308 g/mol. The van der Waals surface area contributed by atoms with Gasteiger partial charge in [0.2, 0.25) is 0 Å². The summed E-state index contributed by atoms with van der Waals surface area (Å²) in [7, 11) is 1.58. The van der Waals surface area contributed by atoms with E-state index in [0.29, 0.717) is 29.1 Å². The van der Waals surface area contributed by atoms with Crippen molar-refractivity contribution in [1.82, 2.24) is 0 Å². The smallest absolute Gasteiger partial charge is 0.339 e. The largest absolute Gasteiger partial charge is 0.496 e. The third kappa shape index (κ3) is 2.14. The molecule has 5 heteroatoms. The molecule has 0 N–H and O–H groups in total. The molecule has 0 radical (unpaired) electrons. The lowest BCUT2D eigenvalue weighted by Gasteiger charge is -2.32. The zero-order chi connectivity index (χ0) is 17.1. The van der Waals surface area contributed by atoms with Crippen molar-refractivity contribution in [2.75, 3.05) is 7.11 Å². The summed E-state index contributed by atoms with van der Waals surface area (Å²) < 4.78 is 17.1. The normalized spacial score (nSPS) is 18.7. The summed E-state index contributed by atoms with van der Waals surface area (Å²) in [6.45, 7) is 3.74. The predicted octanol–water partition coefficient (Wildman–Crippen LogP) is 3.42. The Hall–Kier alpha value is -2.30. The van der Waals surface area contributed by atoms with E-state index in [1.807, 2.05) is 13.8 Å². The van der Waals surface area contributed by atoms with Gasteiger partial charge in [-0.25, -0.2) is 4.79 Å². The van der Waals surface area contributed by atoms with Crippen LogP contribution in [-0.2, 0) is 12.8 Å². The van der Waals surface area contributed by atoms with Crippen LogP contribution in [0, 0.1) is 0 Å². The molecule has 126 valence electrons. The molecule has 1 aromatic carbocycles. The molecule has 0 unspecified atom stereocenters. The molecule has 2 heterocycles. The van der Waals surface area contributed by atoms with Crippen LogP contribution in [0.2, 0.25) is 0 Å². The van der Waals surface area contributed by atoms with Crippen molar-refractivity contribution in [2.24, 2.45) is 0 Å². The number of Topliss-reactive ketones (excluding diaryl/α,β-unsaturated/α-hetero) is 1. The van der Waals surface area contributed by atoms with Crippen LogP contribution in [0.25, 0.3) is 11.0 Å². The standard InChI is InChI=1S/C19H20O5/c1-19(2)9-12(20)16-14(24-19)8-13(22-3)15-10-6-4-5-7-11(10)18(21)23-17(15)16/h8H,4-7,9H2,1-3H3. The van der Waals surface area contributed by atoms with Gasteiger partial charge in [-0.2, -0.15) is 0 Å². The average molecular weight is 328 g/mol. The lowest BCUT2D eigenvalue weighted by molar-refractivity contribution is 0.0620. The van der Waals surface area contributed by atoms with Gasteiger partial charge < -0.3 is 13.9 Å². The van der Waals surface area contributed by atoms with E-state index in [0.717, 1.165) is 35.8 Å². The van der Waals surface area contributed by atoms with Gasteiger partial charge in [-0.05, 0) is 45.1 Å². The van der Waals surface area contributed by atoms with E-state index < -0.39 is 5.60 Å². The first-order valence-electron chi connectivity index (χ1n) is 8.33. The van der Waals surface area contributed by atoms with Gasteiger partial charge in [0.05, 0.1) is 18.9 Å². The van der Waals surface area contributed by atoms with Gasteiger partial charge in [0.1, 0.15) is 22.7 Å². The quantitative estimate of drug-likeness (QED) is 0.750. The first kappa shape index (κ1) is 15.2. The maximum Gasteiger partial charge on any atom is 0.339 e. The molecule has 0 spiro atoms. The van der Waals surface area contributed by atoms with Crippen molar-refractivity contribution >= 4 is 16.8 Å². The van der Waals surface area contributed by atoms with Crippen molar-refractivity contribution in [3.63, 3.8) is 0 Å². The molecule has 0 saturated heterocycles. The van der Waals surface area contributed by atoms with Gasteiger partial charge in [0, 0.05) is 11.6 Å². The monoisotopic (exact) mass is 328 g/mol. The second-order valence-electron chi connectivity index (χ2n) is 7.17. The zero-order valence-corrected chi connectivity index (χ0v) is 14.2. The van der Waals surface area contributed by atoms with Crippen molar-refractivity contribution in [1.29, 1.82) is 0 Å². The first-order valence-corrected chi connectivity index (χ1v) is 8.33. The molecule has 24 heavy (non-hydrogen) atoms. The van der Waals surface area contributed by atoms with Crippen LogP contribution in [0.15, 0.2) is 15.3 Å². The Kier molecular flexibility index (Phi) is 3.24. The van der Waals surface area contributed by atoms with Gasteiger partial charge in [0.25, 0.3) is 0 Å². The van der Waals surface area contributed by atoms with Crippen LogP contribution in [-0.4, -0.2) is 18.5 Å². The number of hydrogen-bond donors (Lipinski definition) is 0. The topological polar surface area (TPSA) is 65.7 Å². The minimum Gasteiger partial charge on any atom is -0.496 e. The molecule has 4 rings (SSSR count). The molecule has 0 saturated carbocycles. The SMILES string of the molecule is COc1cc2c(c3oc(=O)c4c(c13)CCCC4)C(=O)CC(C)(C)O2. The lowest BCUT2D eigenvalue weighted by Crippen LogP contribution is -2.36. The number of carbonyl (C=O) groups excluding carboxylic acids is 1. The fraction of sp³-hybridized carbons (Fsp3) is 0.474. The lowest BCUT2D eigenvalue weighted by atomic mass is 9.87. The minimum absolute atomic E-state index is 0.0622. The second-order valence-corrected chi connectivity index (χ2v) is 7.17. The van der Waals surface area contributed by atoms with Crippen LogP contribution in [0.4, 0.5) is 0 Å². The van der Waals surface area contributed by atoms with Crippen LogP contribution in [0.3, 0.4) is 0 Å². The first-order chi connectivity index (χ1) is 11.4. The van der Waals surface area contributed by atoms with Crippen LogP contribution >= 0.6 is 0 Å². The fourth-order valence-corrected chi connectivity index (χ4v) is 3.88. The maximum atomic E-state index is 12.7. The molecule has 0 fully saturated rings. The number of methoxy groups -OCH3 is 1. The van der Waals surface area contributed by atoms with E-state index in [9.17, 15) is 9.59 Å². The minimum atomic E-state index is -0.586. The molecule has 1 aliphatic carbocycles. The highest BCUT2D eigenvalue weighted by atomic mass is 16.5. The van der Waals surface area contributed by atoms with Gasteiger partial charge in [-0.3, -0.25) is 4.79 Å². The van der Waals surface area contributed by atoms with Gasteiger partial charge in [0.15, 0.2) is 11.4 Å². The Morgan fingerprint density at radius 2 is 1.83 bits per heavy atom. The van der Waals surface area contributed by atoms with Crippen LogP contribution < -0.4 is 15.1 Å². The number of benzene rings is 1. The highest BCUT2D eigenvalue weighted by Crippen LogP contribution is 2.44. The molecular formula is C19H20O5. The summed E-state index contributed by atoms with van der Waals surface area (Å²) in [6.07, 6.45) is 3.76. The summed E-state index contributed by atoms with van der Waals surface area (Å²) in [5, 5.41) is 0.752. The third-order valence-corrected chi connectivity index (χ3v) is 4.89. The van der Waals surface area contributed by atoms with Crippen LogP contribution in [0.5, 0.6) is 11.5 Å². The van der Waals surface area contributed by atoms with Gasteiger partial charge in [-0.1, -0.05) is 0 Å². The van der Waals surface area contributed by atoms with Crippen molar-refractivity contribution in [2.45, 2.75) is 51.6 Å². The highest BCUT2D eigenvalue weighted by Gasteiger charge is 2.36. The number of ether oxygens (including phenoxy) is 2. The fourth-order valence-electron chi connectivity index (χ4n) is 3.88. The molecule has 2 aromatic rings. The summed E-state index contributed by atoms with van der Waals surface area (Å²) in [5.41, 5.74) is 1.44. The van der Waals surface area contributed by atoms with Gasteiger partial charge >= 0.3 is 5.63 Å². The van der Waals surface area contributed by atoms with Crippen molar-refractivity contribution < 1.29 is 18.7 Å². The Balaban J connectivity index is 2.13. The van der Waals surface area contributed by atoms with E-state index in [1.54, 1.807) is 13.2 Å². The Labute approximate surface area is 139 Å². The molecule has 1 aromatic heterocycles. The maximum absolute atomic E-state index is 12.7. The van der Waals surface area contributed by atoms with Gasteiger partial charge in [-0.15, -0.1) is 0 Å². The molecule has 0 amide bonds. The highest BCUT2D eigenvalue weighted by molar-refractivity contribution is 6.11. The van der Waals surface area contributed by atoms with E-state index in [-0.39, 0.29) is 17.8 Å². The Bertz CT molecular complexity index is 920. The van der Waals surface area contributed by atoms with E-state index in [4.69, 9.17) is 13.9 Å². The Morgan fingerprint density at radius 3 is 2.54 bits per heavy atom. The number of hydrogen-bond acceptors (Lipinski definition) is 5. The molecule has 0 atom stereocenters. The van der Waals surface area contributed by atoms with Crippen LogP contribution in [0.1, 0.15) is 54.6 Å². The average Bonchev–Trinajstić information content (AvgIpc) is 2.52. The number of rotatable bonds is 1. The summed E-state index contributed by atoms with van der Waals surface area (Å²) in [4.78, 5) is 25.1. The molecule has 5 nitrogen and oxygen atoms in total. The van der Waals surface area contributed by atoms with Crippen molar-refractivity contribution in [3.05, 3.63) is 33.2 Å². The number of aryl methyl sites for hydroxylation is 1. The third-order valence-electron chi connectivity index (χ3n) is 4.89. The zero-order valence-electron chi connectivity index (χ0n) is 14.2. The molecule has 1 aliphatic heterocycles. The van der Waals surface area contributed by atoms with Crippen molar-refractivity contribution in [3.8, 4) is 11.5 Å².